The molecule has 4 heteroatoms. The summed E-state index contributed by atoms with van der Waals surface area (Å²) in [6.07, 6.45) is 8.79. The topological polar surface area (TPSA) is 30.5 Å². The van der Waals surface area contributed by atoms with Crippen LogP contribution in [0, 0.1) is 6.92 Å². The van der Waals surface area contributed by atoms with Gasteiger partial charge in [-0.3, -0.25) is 0 Å². The Labute approximate surface area is 177 Å². The van der Waals surface area contributed by atoms with Gasteiger partial charge < -0.3 is 14.8 Å². The van der Waals surface area contributed by atoms with Crippen molar-refractivity contribution in [2.75, 3.05) is 13.7 Å². The van der Waals surface area contributed by atoms with E-state index in [4.69, 9.17) is 9.47 Å². The molecule has 0 aliphatic heterocycles. The Morgan fingerprint density at radius 2 is 2.00 bits per heavy atom. The van der Waals surface area contributed by atoms with Crippen LogP contribution in [0.1, 0.15) is 48.8 Å². The Bertz CT molecular complexity index is 816. The highest BCUT2D eigenvalue weighted by Crippen LogP contribution is 2.37. The third kappa shape index (κ3) is 5.86. The van der Waals surface area contributed by atoms with Crippen LogP contribution in [0.15, 0.2) is 52.5 Å². The number of aryl methyl sites for hydroxylation is 1. The molecule has 0 bridgehead atoms. The molecule has 0 spiro atoms. The molecule has 2 aromatic carbocycles. The average molecular weight is 444 g/mol. The highest BCUT2D eigenvalue weighted by Gasteiger charge is 2.13. The number of ether oxygens (including phenoxy) is 2. The summed E-state index contributed by atoms with van der Waals surface area (Å²) in [6.45, 7) is 4.45. The molecule has 3 nitrogen and oxygen atoms in total. The zero-order valence-corrected chi connectivity index (χ0v) is 18.5. The molecule has 0 unspecified atom stereocenters. The van der Waals surface area contributed by atoms with Crippen LogP contribution in [0.5, 0.6) is 11.5 Å². The lowest BCUT2D eigenvalue weighted by Crippen LogP contribution is -2.16. The molecule has 1 N–H and O–H groups in total. The van der Waals surface area contributed by atoms with Crippen molar-refractivity contribution in [2.45, 2.75) is 52.2 Å². The first kappa shape index (κ1) is 20.9. The van der Waals surface area contributed by atoms with E-state index in [-0.39, 0.29) is 0 Å². The Hall–Kier alpha value is -1.78. The van der Waals surface area contributed by atoms with Crippen molar-refractivity contribution in [1.82, 2.24) is 5.32 Å². The largest absolute Gasteiger partial charge is 0.493 e. The summed E-state index contributed by atoms with van der Waals surface area (Å²) in [6, 6.07) is 12.4. The summed E-state index contributed by atoms with van der Waals surface area (Å²) in [7, 11) is 1.69. The summed E-state index contributed by atoms with van der Waals surface area (Å²) in [4.78, 5) is 0. The van der Waals surface area contributed by atoms with E-state index in [0.717, 1.165) is 35.5 Å². The highest BCUT2D eigenvalue weighted by molar-refractivity contribution is 9.10. The fraction of sp³-hybridized carbons (Fsp3) is 0.417. The Kier molecular flexibility index (Phi) is 7.99. The molecule has 0 aromatic heterocycles. The number of methoxy groups -OCH3 is 1. The van der Waals surface area contributed by atoms with E-state index in [9.17, 15) is 0 Å². The van der Waals surface area contributed by atoms with E-state index >= 15 is 0 Å². The fourth-order valence-electron chi connectivity index (χ4n) is 3.55. The molecule has 1 aliphatic rings. The summed E-state index contributed by atoms with van der Waals surface area (Å²) in [5, 5.41) is 3.55. The highest BCUT2D eigenvalue weighted by atomic mass is 79.9. The number of rotatable bonds is 9. The lowest BCUT2D eigenvalue weighted by atomic mass is 9.97. The predicted molar refractivity (Wildman–Crippen MR) is 119 cm³/mol. The van der Waals surface area contributed by atoms with Crippen molar-refractivity contribution in [2.24, 2.45) is 0 Å². The lowest BCUT2D eigenvalue weighted by Gasteiger charge is -2.16. The van der Waals surface area contributed by atoms with Gasteiger partial charge in [0.05, 0.1) is 11.6 Å². The van der Waals surface area contributed by atoms with E-state index in [2.05, 4.69) is 58.5 Å². The van der Waals surface area contributed by atoms with Crippen molar-refractivity contribution >= 4 is 15.9 Å². The predicted octanol–water partition coefficient (Wildman–Crippen LogP) is 6.33. The van der Waals surface area contributed by atoms with Crippen LogP contribution in [0.25, 0.3) is 0 Å². The first-order chi connectivity index (χ1) is 13.7. The van der Waals surface area contributed by atoms with Crippen LogP contribution in [0.3, 0.4) is 0 Å². The molecule has 28 heavy (non-hydrogen) atoms. The number of benzene rings is 2. The van der Waals surface area contributed by atoms with Crippen LogP contribution >= 0.6 is 15.9 Å². The molecule has 0 heterocycles. The SMILES string of the molecule is COc1cc(CNCCC2=CCCCC2)cc(Br)c1OCc1ccccc1C. The van der Waals surface area contributed by atoms with E-state index < -0.39 is 0 Å². The molecule has 0 radical (unpaired) electrons. The number of hydrogen-bond donors (Lipinski definition) is 1. The Balaban J connectivity index is 1.57. The van der Waals surface area contributed by atoms with Crippen molar-refractivity contribution in [1.29, 1.82) is 0 Å². The third-order valence-corrected chi connectivity index (χ3v) is 5.85. The van der Waals surface area contributed by atoms with Crippen LogP contribution in [0.4, 0.5) is 0 Å². The van der Waals surface area contributed by atoms with E-state index in [0.29, 0.717) is 6.61 Å². The maximum atomic E-state index is 6.09. The van der Waals surface area contributed by atoms with Gasteiger partial charge in [0, 0.05) is 6.54 Å². The molecular formula is C24H30BrNO2. The van der Waals surface area contributed by atoms with E-state index in [1.54, 1.807) is 12.7 Å². The number of halogens is 1. The fourth-order valence-corrected chi connectivity index (χ4v) is 4.15. The molecule has 0 fully saturated rings. The Morgan fingerprint density at radius 1 is 1.14 bits per heavy atom. The van der Waals surface area contributed by atoms with Gasteiger partial charge in [0.15, 0.2) is 11.5 Å². The van der Waals surface area contributed by atoms with Crippen LogP contribution in [0.2, 0.25) is 0 Å². The number of allylic oxidation sites excluding steroid dienone is 1. The minimum absolute atomic E-state index is 0.522. The van der Waals surface area contributed by atoms with Crippen LogP contribution in [-0.4, -0.2) is 13.7 Å². The molecule has 0 amide bonds. The summed E-state index contributed by atoms with van der Waals surface area (Å²) in [5.41, 5.74) is 5.20. The van der Waals surface area contributed by atoms with Gasteiger partial charge in [-0.1, -0.05) is 35.9 Å². The van der Waals surface area contributed by atoms with Crippen LogP contribution in [-0.2, 0) is 13.2 Å². The van der Waals surface area contributed by atoms with Gasteiger partial charge in [-0.25, -0.2) is 0 Å². The number of nitrogens with one attached hydrogen (secondary N) is 1. The molecule has 0 atom stereocenters. The van der Waals surface area contributed by atoms with Gasteiger partial charge in [-0.05, 0) is 90.3 Å². The minimum atomic E-state index is 0.522. The molecular weight excluding hydrogens is 414 g/mol. The molecule has 1 aliphatic carbocycles. The third-order valence-electron chi connectivity index (χ3n) is 5.26. The van der Waals surface area contributed by atoms with Gasteiger partial charge in [-0.15, -0.1) is 0 Å². The average Bonchev–Trinajstić information content (AvgIpc) is 2.72. The maximum absolute atomic E-state index is 6.09. The Morgan fingerprint density at radius 3 is 2.75 bits per heavy atom. The second kappa shape index (κ2) is 10.7. The maximum Gasteiger partial charge on any atom is 0.175 e. The summed E-state index contributed by atoms with van der Waals surface area (Å²) in [5.74, 6) is 1.51. The van der Waals surface area contributed by atoms with Crippen molar-refractivity contribution in [3.8, 4) is 11.5 Å². The molecule has 0 saturated heterocycles. The molecule has 2 aromatic rings. The lowest BCUT2D eigenvalue weighted by molar-refractivity contribution is 0.281. The van der Waals surface area contributed by atoms with E-state index in [1.807, 2.05) is 12.1 Å². The monoisotopic (exact) mass is 443 g/mol. The standard InChI is InChI=1S/C24H30BrNO2/c1-18-8-6-7-11-21(18)17-28-24-22(25)14-20(15-23(24)27-2)16-26-13-12-19-9-4-3-5-10-19/h6-9,11,14-15,26H,3-5,10,12-13,16-17H2,1-2H3. The zero-order valence-electron chi connectivity index (χ0n) is 16.9. The van der Waals surface area contributed by atoms with E-state index in [1.165, 1.54) is 42.4 Å². The second-order valence-corrected chi connectivity index (χ2v) is 8.21. The van der Waals surface area contributed by atoms with Gasteiger partial charge in [0.1, 0.15) is 6.61 Å². The molecule has 3 rings (SSSR count). The normalized spacial score (nSPS) is 13.9. The molecule has 0 saturated carbocycles. The van der Waals surface area contributed by atoms with Gasteiger partial charge >= 0.3 is 0 Å². The second-order valence-electron chi connectivity index (χ2n) is 7.36. The minimum Gasteiger partial charge on any atom is -0.493 e. The van der Waals surface area contributed by atoms with Crippen molar-refractivity contribution in [3.05, 3.63) is 69.2 Å². The van der Waals surface area contributed by atoms with Crippen LogP contribution < -0.4 is 14.8 Å². The van der Waals surface area contributed by atoms with Crippen molar-refractivity contribution < 1.29 is 9.47 Å². The van der Waals surface area contributed by atoms with Gasteiger partial charge in [0.2, 0.25) is 0 Å². The summed E-state index contributed by atoms with van der Waals surface area (Å²) >= 11 is 3.66. The summed E-state index contributed by atoms with van der Waals surface area (Å²) < 4.78 is 12.6. The van der Waals surface area contributed by atoms with Gasteiger partial charge in [0.25, 0.3) is 0 Å². The molecule has 150 valence electrons. The first-order valence-corrected chi connectivity index (χ1v) is 10.9. The number of hydrogen-bond acceptors (Lipinski definition) is 3. The van der Waals surface area contributed by atoms with Gasteiger partial charge in [-0.2, -0.15) is 0 Å². The zero-order chi connectivity index (χ0) is 19.8. The first-order valence-electron chi connectivity index (χ1n) is 10.1. The van der Waals surface area contributed by atoms with Crippen molar-refractivity contribution in [3.63, 3.8) is 0 Å². The smallest absolute Gasteiger partial charge is 0.175 e. The quantitative estimate of drug-likeness (QED) is 0.362.